The molecule has 1 aromatic carbocycles. The quantitative estimate of drug-likeness (QED) is 0.700. The maximum atomic E-state index is 9.08. The fourth-order valence-corrected chi connectivity index (χ4v) is 1.86. The third-order valence-corrected chi connectivity index (χ3v) is 2.78. The zero-order valence-electron chi connectivity index (χ0n) is 8.81. The van der Waals surface area contributed by atoms with E-state index in [2.05, 4.69) is 0 Å². The molecule has 2 N–H and O–H groups in total. The van der Waals surface area contributed by atoms with Crippen molar-refractivity contribution in [1.29, 1.82) is 0 Å². The number of hydrogen-bond donors (Lipinski definition) is 2. The van der Waals surface area contributed by atoms with Crippen molar-refractivity contribution in [3.05, 3.63) is 29.3 Å². The Bertz CT molecular complexity index is 348. The van der Waals surface area contributed by atoms with Gasteiger partial charge in [0, 0.05) is 7.11 Å². The van der Waals surface area contributed by atoms with Crippen LogP contribution in [0, 0.1) is 0 Å². The van der Waals surface area contributed by atoms with Crippen LogP contribution < -0.4 is 5.46 Å². The van der Waals surface area contributed by atoms with E-state index in [4.69, 9.17) is 14.8 Å². The molecule has 1 aromatic rings. The van der Waals surface area contributed by atoms with Crippen LogP contribution in [0.1, 0.15) is 29.9 Å². The number of ether oxygens (including phenoxy) is 1. The summed E-state index contributed by atoms with van der Waals surface area (Å²) in [5.74, 6) is 0.653. The molecule has 15 heavy (non-hydrogen) atoms. The second-order valence-electron chi connectivity index (χ2n) is 4.04. The molecule has 0 bridgehead atoms. The van der Waals surface area contributed by atoms with Gasteiger partial charge in [0.15, 0.2) is 0 Å². The predicted octanol–water partition coefficient (Wildman–Crippen LogP) is 0.390. The molecular weight excluding hydrogens is 191 g/mol. The summed E-state index contributed by atoms with van der Waals surface area (Å²) in [7, 11) is 0.257. The molecular formula is C11H15BO3. The molecule has 0 atom stereocenters. The van der Waals surface area contributed by atoms with Crippen LogP contribution in [0.25, 0.3) is 0 Å². The first-order valence-corrected chi connectivity index (χ1v) is 5.20. The average molecular weight is 206 g/mol. The van der Waals surface area contributed by atoms with Gasteiger partial charge in [0.05, 0.1) is 6.61 Å². The van der Waals surface area contributed by atoms with Crippen LogP contribution in [0.3, 0.4) is 0 Å². The smallest absolute Gasteiger partial charge is 0.423 e. The highest BCUT2D eigenvalue weighted by Crippen LogP contribution is 2.41. The minimum absolute atomic E-state index is 0.534. The maximum absolute atomic E-state index is 9.08. The van der Waals surface area contributed by atoms with Gasteiger partial charge in [-0.3, -0.25) is 0 Å². The summed E-state index contributed by atoms with van der Waals surface area (Å²) >= 11 is 0. The van der Waals surface area contributed by atoms with E-state index < -0.39 is 7.12 Å². The SMILES string of the molecule is COCc1cc(B(O)O)ccc1C1CC1. The Morgan fingerprint density at radius 1 is 1.40 bits per heavy atom. The summed E-state index contributed by atoms with van der Waals surface area (Å²) < 4.78 is 5.12. The molecule has 0 spiro atoms. The van der Waals surface area contributed by atoms with Crippen LogP contribution in [-0.2, 0) is 11.3 Å². The van der Waals surface area contributed by atoms with Crippen molar-refractivity contribution in [2.45, 2.75) is 25.4 Å². The lowest BCUT2D eigenvalue weighted by Gasteiger charge is -2.10. The first kappa shape index (κ1) is 10.7. The van der Waals surface area contributed by atoms with Gasteiger partial charge < -0.3 is 14.8 Å². The number of hydrogen-bond acceptors (Lipinski definition) is 3. The zero-order chi connectivity index (χ0) is 10.8. The molecule has 0 radical (unpaired) electrons. The molecule has 0 aliphatic heterocycles. The highest BCUT2D eigenvalue weighted by molar-refractivity contribution is 6.58. The molecule has 0 amide bonds. The van der Waals surface area contributed by atoms with E-state index in [1.807, 2.05) is 12.1 Å². The summed E-state index contributed by atoms with van der Waals surface area (Å²) in [6.45, 7) is 0.534. The van der Waals surface area contributed by atoms with Crippen LogP contribution >= 0.6 is 0 Å². The molecule has 1 saturated carbocycles. The highest BCUT2D eigenvalue weighted by Gasteiger charge is 2.26. The van der Waals surface area contributed by atoms with Crippen LogP contribution in [0.2, 0.25) is 0 Å². The predicted molar refractivity (Wildman–Crippen MR) is 59.0 cm³/mol. The van der Waals surface area contributed by atoms with E-state index in [1.165, 1.54) is 18.4 Å². The van der Waals surface area contributed by atoms with Crippen molar-refractivity contribution in [3.8, 4) is 0 Å². The lowest BCUT2D eigenvalue weighted by molar-refractivity contribution is 0.184. The Balaban J connectivity index is 2.30. The second-order valence-corrected chi connectivity index (χ2v) is 4.04. The lowest BCUT2D eigenvalue weighted by Crippen LogP contribution is -2.30. The molecule has 2 rings (SSSR count). The molecule has 1 aliphatic rings. The molecule has 3 nitrogen and oxygen atoms in total. The van der Waals surface area contributed by atoms with Gasteiger partial charge in [-0.2, -0.15) is 0 Å². The van der Waals surface area contributed by atoms with Gasteiger partial charge in [-0.15, -0.1) is 0 Å². The summed E-state index contributed by atoms with van der Waals surface area (Å²) in [6, 6.07) is 5.58. The number of rotatable bonds is 4. The fourth-order valence-electron chi connectivity index (χ4n) is 1.86. The normalized spacial score (nSPS) is 15.4. The summed E-state index contributed by atoms with van der Waals surface area (Å²) in [6.07, 6.45) is 2.47. The maximum Gasteiger partial charge on any atom is 0.488 e. The van der Waals surface area contributed by atoms with Crippen LogP contribution in [0.5, 0.6) is 0 Å². The molecule has 4 heteroatoms. The van der Waals surface area contributed by atoms with E-state index in [0.717, 1.165) is 5.56 Å². The average Bonchev–Trinajstić information content (AvgIpc) is 3.01. The van der Waals surface area contributed by atoms with Gasteiger partial charge in [0.1, 0.15) is 0 Å². The van der Waals surface area contributed by atoms with Crippen molar-refractivity contribution in [1.82, 2.24) is 0 Å². The van der Waals surface area contributed by atoms with Gasteiger partial charge in [-0.05, 0) is 35.3 Å². The number of benzene rings is 1. The zero-order valence-corrected chi connectivity index (χ0v) is 8.81. The largest absolute Gasteiger partial charge is 0.488 e. The van der Waals surface area contributed by atoms with E-state index in [-0.39, 0.29) is 0 Å². The Hall–Kier alpha value is -0.835. The Kier molecular flexibility index (Phi) is 3.10. The number of methoxy groups -OCH3 is 1. The Labute approximate surface area is 89.8 Å². The van der Waals surface area contributed by atoms with Crippen molar-refractivity contribution < 1.29 is 14.8 Å². The Morgan fingerprint density at radius 2 is 2.13 bits per heavy atom. The summed E-state index contributed by atoms with van der Waals surface area (Å²) in [5.41, 5.74) is 2.90. The lowest BCUT2D eigenvalue weighted by atomic mass is 9.78. The van der Waals surface area contributed by atoms with Crippen molar-refractivity contribution >= 4 is 12.6 Å². The minimum atomic E-state index is -1.39. The van der Waals surface area contributed by atoms with E-state index in [9.17, 15) is 0 Å². The van der Waals surface area contributed by atoms with Gasteiger partial charge in [0.25, 0.3) is 0 Å². The fraction of sp³-hybridized carbons (Fsp3) is 0.455. The van der Waals surface area contributed by atoms with Gasteiger partial charge >= 0.3 is 7.12 Å². The van der Waals surface area contributed by atoms with Gasteiger partial charge in [0.2, 0.25) is 0 Å². The van der Waals surface area contributed by atoms with Crippen LogP contribution in [-0.4, -0.2) is 24.3 Å². The van der Waals surface area contributed by atoms with Gasteiger partial charge in [-0.1, -0.05) is 18.2 Å². The topological polar surface area (TPSA) is 49.7 Å². The third kappa shape index (κ3) is 2.40. The van der Waals surface area contributed by atoms with Gasteiger partial charge in [-0.25, -0.2) is 0 Å². The van der Waals surface area contributed by atoms with Crippen molar-refractivity contribution in [2.24, 2.45) is 0 Å². The highest BCUT2D eigenvalue weighted by atomic mass is 16.5. The monoisotopic (exact) mass is 206 g/mol. The minimum Gasteiger partial charge on any atom is -0.423 e. The first-order chi connectivity index (χ1) is 7.22. The third-order valence-electron chi connectivity index (χ3n) is 2.78. The van der Waals surface area contributed by atoms with E-state index in [0.29, 0.717) is 18.0 Å². The second kappa shape index (κ2) is 4.35. The van der Waals surface area contributed by atoms with E-state index in [1.54, 1.807) is 13.2 Å². The molecule has 0 heterocycles. The summed E-state index contributed by atoms with van der Waals surface area (Å²) in [4.78, 5) is 0. The first-order valence-electron chi connectivity index (χ1n) is 5.20. The van der Waals surface area contributed by atoms with Crippen LogP contribution in [0.15, 0.2) is 18.2 Å². The van der Waals surface area contributed by atoms with Crippen LogP contribution in [0.4, 0.5) is 0 Å². The standard InChI is InChI=1S/C11H15BO3/c1-15-7-9-6-10(12(13)14)4-5-11(9)8-2-3-8/h4-6,8,13-14H,2-3,7H2,1H3. The van der Waals surface area contributed by atoms with E-state index >= 15 is 0 Å². The van der Waals surface area contributed by atoms with Crippen molar-refractivity contribution in [3.63, 3.8) is 0 Å². The van der Waals surface area contributed by atoms with Crippen molar-refractivity contribution in [2.75, 3.05) is 7.11 Å². The molecule has 0 saturated heterocycles. The molecule has 1 aliphatic carbocycles. The molecule has 1 fully saturated rings. The molecule has 0 unspecified atom stereocenters. The molecule has 80 valence electrons. The summed E-state index contributed by atoms with van der Waals surface area (Å²) in [5, 5.41) is 18.2. The molecule has 0 aromatic heterocycles. The Morgan fingerprint density at radius 3 is 2.67 bits per heavy atom.